The molecule has 0 saturated carbocycles. The lowest BCUT2D eigenvalue weighted by Gasteiger charge is -2.13. The van der Waals surface area contributed by atoms with Crippen LogP contribution in [0.1, 0.15) is 18.9 Å². The van der Waals surface area contributed by atoms with Crippen molar-refractivity contribution < 1.29 is 9.15 Å². The normalized spacial score (nSPS) is 12.3. The van der Waals surface area contributed by atoms with Gasteiger partial charge < -0.3 is 9.15 Å². The highest BCUT2D eigenvalue weighted by Crippen LogP contribution is 2.27. The van der Waals surface area contributed by atoms with Crippen LogP contribution in [0.3, 0.4) is 0 Å². The second-order valence-electron chi connectivity index (χ2n) is 4.70. The summed E-state index contributed by atoms with van der Waals surface area (Å²) >= 11 is 6.76. The first kappa shape index (κ1) is 15.2. The lowest BCUT2D eigenvalue weighted by molar-refractivity contribution is 0.182. The topological polar surface area (TPSA) is 52.3 Å². The summed E-state index contributed by atoms with van der Waals surface area (Å²) in [6.45, 7) is 1.79. The van der Waals surface area contributed by atoms with Crippen LogP contribution < -0.4 is 10.4 Å². The predicted molar refractivity (Wildman–Crippen MR) is 91.2 cm³/mol. The van der Waals surface area contributed by atoms with Gasteiger partial charge in [0, 0.05) is 8.95 Å². The number of fused-ring (bicyclic) bond motifs is 1. The van der Waals surface area contributed by atoms with Crippen LogP contribution in [0.4, 0.5) is 0 Å². The maximum absolute atomic E-state index is 12.2. The van der Waals surface area contributed by atoms with Gasteiger partial charge in [-0.05, 0) is 47.1 Å². The zero-order valence-corrected chi connectivity index (χ0v) is 14.7. The zero-order chi connectivity index (χ0) is 15.7. The standard InChI is InChI=1S/C16H11Br2NO3/c1-9(21-11-5-3-2-4-6-11)15-19-14-12(16(20)22-15)7-10(17)8-13(14)18/h2-9H,1H3/t9-/m1/s1. The molecule has 1 heterocycles. The van der Waals surface area contributed by atoms with Crippen molar-refractivity contribution >= 4 is 42.8 Å². The van der Waals surface area contributed by atoms with Crippen molar-refractivity contribution in [1.29, 1.82) is 0 Å². The van der Waals surface area contributed by atoms with E-state index in [0.29, 0.717) is 16.7 Å². The highest BCUT2D eigenvalue weighted by Gasteiger charge is 2.16. The van der Waals surface area contributed by atoms with Crippen LogP contribution >= 0.6 is 31.9 Å². The zero-order valence-electron chi connectivity index (χ0n) is 11.5. The van der Waals surface area contributed by atoms with E-state index in [1.165, 1.54) is 0 Å². The summed E-state index contributed by atoms with van der Waals surface area (Å²) in [7, 11) is 0. The van der Waals surface area contributed by atoms with Gasteiger partial charge in [-0.3, -0.25) is 0 Å². The molecular weight excluding hydrogens is 414 g/mol. The van der Waals surface area contributed by atoms with Crippen molar-refractivity contribution in [2.45, 2.75) is 13.0 Å². The van der Waals surface area contributed by atoms with E-state index < -0.39 is 11.7 Å². The van der Waals surface area contributed by atoms with Gasteiger partial charge in [-0.1, -0.05) is 34.1 Å². The molecular formula is C16H11Br2NO3. The fourth-order valence-electron chi connectivity index (χ4n) is 2.05. The Morgan fingerprint density at radius 2 is 1.91 bits per heavy atom. The van der Waals surface area contributed by atoms with E-state index >= 15 is 0 Å². The highest BCUT2D eigenvalue weighted by atomic mass is 79.9. The number of hydrogen-bond acceptors (Lipinski definition) is 4. The minimum Gasteiger partial charge on any atom is -0.481 e. The van der Waals surface area contributed by atoms with Crippen LogP contribution in [-0.4, -0.2) is 4.98 Å². The average molecular weight is 425 g/mol. The van der Waals surface area contributed by atoms with E-state index in [-0.39, 0.29) is 5.89 Å². The number of nitrogens with zero attached hydrogens (tertiary/aromatic N) is 1. The number of ether oxygens (including phenoxy) is 1. The molecule has 112 valence electrons. The lowest BCUT2D eigenvalue weighted by atomic mass is 10.2. The number of para-hydroxylation sites is 1. The van der Waals surface area contributed by atoms with Gasteiger partial charge in [0.15, 0.2) is 6.10 Å². The third-order valence-corrected chi connectivity index (χ3v) is 4.13. The van der Waals surface area contributed by atoms with Gasteiger partial charge in [0.2, 0.25) is 5.89 Å². The fourth-order valence-corrected chi connectivity index (χ4v) is 3.36. The van der Waals surface area contributed by atoms with Crippen LogP contribution in [0.15, 0.2) is 60.6 Å². The monoisotopic (exact) mass is 423 g/mol. The summed E-state index contributed by atoms with van der Waals surface area (Å²) in [4.78, 5) is 16.6. The molecule has 6 heteroatoms. The average Bonchev–Trinajstić information content (AvgIpc) is 2.49. The van der Waals surface area contributed by atoms with Crippen LogP contribution in [0.2, 0.25) is 0 Å². The van der Waals surface area contributed by atoms with Gasteiger partial charge in [0.1, 0.15) is 5.75 Å². The van der Waals surface area contributed by atoms with Crippen molar-refractivity contribution in [3.8, 4) is 5.75 Å². The number of hydrogen-bond donors (Lipinski definition) is 0. The summed E-state index contributed by atoms with van der Waals surface area (Å²) in [5.74, 6) is 0.929. The molecule has 0 saturated heterocycles. The molecule has 0 radical (unpaired) electrons. The molecule has 0 unspecified atom stereocenters. The largest absolute Gasteiger partial charge is 0.481 e. The van der Waals surface area contributed by atoms with E-state index in [1.807, 2.05) is 36.4 Å². The van der Waals surface area contributed by atoms with Crippen molar-refractivity contribution in [2.75, 3.05) is 0 Å². The Hall–Kier alpha value is -1.66. The first-order valence-corrected chi connectivity index (χ1v) is 8.14. The molecule has 1 atom stereocenters. The van der Waals surface area contributed by atoms with Gasteiger partial charge in [-0.2, -0.15) is 0 Å². The van der Waals surface area contributed by atoms with Crippen LogP contribution in [0.25, 0.3) is 10.9 Å². The van der Waals surface area contributed by atoms with Crippen molar-refractivity contribution in [3.63, 3.8) is 0 Å². The minimum atomic E-state index is -0.477. The first-order valence-electron chi connectivity index (χ1n) is 6.56. The molecule has 0 bridgehead atoms. The predicted octanol–water partition coefficient (Wildman–Crippen LogP) is 4.85. The molecule has 0 fully saturated rings. The van der Waals surface area contributed by atoms with Gasteiger partial charge in [0.05, 0.1) is 10.9 Å². The van der Waals surface area contributed by atoms with E-state index in [9.17, 15) is 4.79 Å². The first-order chi connectivity index (χ1) is 10.5. The third kappa shape index (κ3) is 3.08. The van der Waals surface area contributed by atoms with Crippen LogP contribution in [-0.2, 0) is 0 Å². The molecule has 3 aromatic rings. The molecule has 0 aliphatic heterocycles. The summed E-state index contributed by atoms with van der Waals surface area (Å²) in [6.07, 6.45) is -0.477. The number of rotatable bonds is 3. The quantitative estimate of drug-likeness (QED) is 0.602. The molecule has 1 aromatic heterocycles. The van der Waals surface area contributed by atoms with E-state index in [0.717, 1.165) is 8.95 Å². The van der Waals surface area contributed by atoms with Gasteiger partial charge in [-0.25, -0.2) is 9.78 Å². The molecule has 0 aliphatic rings. The number of benzene rings is 2. The molecule has 0 amide bonds. The van der Waals surface area contributed by atoms with Gasteiger partial charge in [0.25, 0.3) is 0 Å². The lowest BCUT2D eigenvalue weighted by Crippen LogP contribution is -2.11. The molecule has 22 heavy (non-hydrogen) atoms. The number of halogens is 2. The maximum atomic E-state index is 12.2. The van der Waals surface area contributed by atoms with Crippen molar-refractivity contribution in [1.82, 2.24) is 4.98 Å². The Morgan fingerprint density at radius 1 is 1.18 bits per heavy atom. The molecule has 4 nitrogen and oxygen atoms in total. The van der Waals surface area contributed by atoms with E-state index in [1.54, 1.807) is 13.0 Å². The number of aromatic nitrogens is 1. The Kier molecular flexibility index (Phi) is 4.31. The van der Waals surface area contributed by atoms with Gasteiger partial charge >= 0.3 is 5.63 Å². The Balaban J connectivity index is 2.03. The van der Waals surface area contributed by atoms with Gasteiger partial charge in [-0.15, -0.1) is 0 Å². The Labute approximate surface area is 143 Å². The highest BCUT2D eigenvalue weighted by molar-refractivity contribution is 9.11. The van der Waals surface area contributed by atoms with Crippen LogP contribution in [0, 0.1) is 0 Å². The second kappa shape index (κ2) is 6.22. The summed E-state index contributed by atoms with van der Waals surface area (Å²) in [5.41, 5.74) is 0.114. The molecule has 2 aromatic carbocycles. The second-order valence-corrected chi connectivity index (χ2v) is 6.47. The van der Waals surface area contributed by atoms with E-state index in [2.05, 4.69) is 36.8 Å². The third-order valence-electron chi connectivity index (χ3n) is 3.07. The summed E-state index contributed by atoms with van der Waals surface area (Å²) in [6, 6.07) is 12.8. The minimum absolute atomic E-state index is 0.240. The molecule has 0 spiro atoms. The van der Waals surface area contributed by atoms with Crippen molar-refractivity contribution in [2.24, 2.45) is 0 Å². The van der Waals surface area contributed by atoms with Crippen molar-refractivity contribution in [3.05, 3.63) is 67.7 Å². The summed E-state index contributed by atoms with van der Waals surface area (Å²) < 4.78 is 12.5. The maximum Gasteiger partial charge on any atom is 0.347 e. The molecule has 3 rings (SSSR count). The fraction of sp³-hybridized carbons (Fsp3) is 0.125. The van der Waals surface area contributed by atoms with E-state index in [4.69, 9.17) is 9.15 Å². The smallest absolute Gasteiger partial charge is 0.347 e. The van der Waals surface area contributed by atoms with Crippen LogP contribution in [0.5, 0.6) is 5.75 Å². The Morgan fingerprint density at radius 3 is 2.64 bits per heavy atom. The Bertz CT molecular complexity index is 878. The molecule has 0 aliphatic carbocycles. The summed E-state index contributed by atoms with van der Waals surface area (Å²) in [5, 5.41) is 0.414. The molecule has 0 N–H and O–H groups in total. The SMILES string of the molecule is C[C@@H](Oc1ccccc1)c1nc2c(Br)cc(Br)cc2c(=O)o1.